The number of esters is 1. The molecule has 0 amide bonds. The van der Waals surface area contributed by atoms with Crippen LogP contribution in [-0.2, 0) is 25.5 Å². The number of aromatic nitrogens is 1. The number of piperidine rings is 1. The molecule has 0 N–H and O–H groups in total. The Bertz CT molecular complexity index is 1340. The second kappa shape index (κ2) is 12.1. The maximum Gasteiger partial charge on any atom is 0.418 e. The molecule has 2 aliphatic rings. The number of carbonyl (C=O) groups is 2. The van der Waals surface area contributed by atoms with E-state index in [1.54, 1.807) is 17.9 Å². The van der Waals surface area contributed by atoms with Crippen molar-refractivity contribution in [2.75, 3.05) is 20.8 Å². The molecule has 0 bridgehead atoms. The van der Waals surface area contributed by atoms with Crippen molar-refractivity contribution >= 4 is 29.2 Å². The van der Waals surface area contributed by atoms with Crippen LogP contribution >= 0.6 is 0 Å². The van der Waals surface area contributed by atoms with Gasteiger partial charge in [0.25, 0.3) is 0 Å². The highest BCUT2D eigenvalue weighted by atomic mass is 16.6. The van der Waals surface area contributed by atoms with Gasteiger partial charge in [-0.15, -0.1) is 0 Å². The number of nitrogens with zero attached hydrogens (tertiary/aromatic N) is 3. The van der Waals surface area contributed by atoms with Gasteiger partial charge in [-0.3, -0.25) is 9.47 Å². The normalized spacial score (nSPS) is 20.7. The number of rotatable bonds is 8. The summed E-state index contributed by atoms with van der Waals surface area (Å²) in [6, 6.07) is 4.36. The molecule has 216 valence electrons. The second-order valence-corrected chi connectivity index (χ2v) is 11.8. The molecule has 40 heavy (non-hydrogen) atoms. The Labute approximate surface area is 237 Å². The van der Waals surface area contributed by atoms with Gasteiger partial charge in [-0.25, -0.2) is 14.6 Å². The van der Waals surface area contributed by atoms with E-state index in [9.17, 15) is 9.59 Å². The Morgan fingerprint density at radius 1 is 1.20 bits per heavy atom. The number of methoxy groups -OCH3 is 2. The zero-order valence-corrected chi connectivity index (χ0v) is 25.0. The lowest BCUT2D eigenvalue weighted by Gasteiger charge is -2.40. The van der Waals surface area contributed by atoms with Gasteiger partial charge in [0.15, 0.2) is 0 Å². The number of aliphatic imine (C=N–C) groups is 1. The molecule has 2 aromatic rings. The minimum absolute atomic E-state index is 0.0363. The number of benzene rings is 1. The van der Waals surface area contributed by atoms with E-state index in [1.165, 1.54) is 31.1 Å². The summed E-state index contributed by atoms with van der Waals surface area (Å²) in [6.07, 6.45) is 9.45. The Hall–Kier alpha value is -3.23. The van der Waals surface area contributed by atoms with Gasteiger partial charge >= 0.3 is 12.1 Å². The van der Waals surface area contributed by atoms with E-state index in [0.29, 0.717) is 5.92 Å². The maximum atomic E-state index is 13.1. The highest BCUT2D eigenvalue weighted by molar-refractivity contribution is 5.95. The lowest BCUT2D eigenvalue weighted by molar-refractivity contribution is -0.136. The van der Waals surface area contributed by atoms with E-state index in [2.05, 4.69) is 35.5 Å². The van der Waals surface area contributed by atoms with E-state index >= 15 is 0 Å². The van der Waals surface area contributed by atoms with Gasteiger partial charge in [0.1, 0.15) is 11.3 Å². The predicted molar refractivity (Wildman–Crippen MR) is 158 cm³/mol. The molecule has 2 heterocycles. The fourth-order valence-electron chi connectivity index (χ4n) is 5.63. The summed E-state index contributed by atoms with van der Waals surface area (Å²) in [5, 5.41) is 1.09. The lowest BCUT2D eigenvalue weighted by atomic mass is 9.90. The fraction of sp³-hybridized carbons (Fsp3) is 0.531. The lowest BCUT2D eigenvalue weighted by Crippen LogP contribution is -2.45. The SMILES string of the molecule is C=C(N=C/C(=C\C)C1CC(OC)CCN1Cc1c(C2CC2)cc(C)c2c1ccn2C(=O)OC(C)(C)C)C(=O)OC. The molecular weight excluding hydrogens is 506 g/mol. The molecule has 1 aromatic heterocycles. The van der Waals surface area contributed by atoms with Crippen molar-refractivity contribution in [3.63, 3.8) is 0 Å². The zero-order chi connectivity index (χ0) is 29.2. The molecular formula is C32H43N3O5. The number of fused-ring (bicyclic) bond motifs is 1. The second-order valence-electron chi connectivity index (χ2n) is 11.8. The van der Waals surface area contributed by atoms with Crippen LogP contribution in [0.4, 0.5) is 4.79 Å². The van der Waals surface area contributed by atoms with Crippen LogP contribution in [0.5, 0.6) is 0 Å². The van der Waals surface area contributed by atoms with Crippen LogP contribution in [0.2, 0.25) is 0 Å². The maximum absolute atomic E-state index is 13.1. The average Bonchev–Trinajstić information content (AvgIpc) is 3.66. The van der Waals surface area contributed by atoms with E-state index in [-0.39, 0.29) is 23.9 Å². The fourth-order valence-corrected chi connectivity index (χ4v) is 5.63. The molecule has 1 aliphatic heterocycles. The van der Waals surface area contributed by atoms with E-state index in [4.69, 9.17) is 14.2 Å². The third-order valence-electron chi connectivity index (χ3n) is 7.78. The predicted octanol–water partition coefficient (Wildman–Crippen LogP) is 6.29. The Morgan fingerprint density at radius 2 is 1.93 bits per heavy atom. The Morgan fingerprint density at radius 3 is 2.52 bits per heavy atom. The van der Waals surface area contributed by atoms with Crippen LogP contribution in [0, 0.1) is 6.92 Å². The van der Waals surface area contributed by atoms with E-state index < -0.39 is 11.6 Å². The van der Waals surface area contributed by atoms with Crippen LogP contribution in [-0.4, -0.2) is 66.3 Å². The molecule has 2 atom stereocenters. The number of aryl methyl sites for hydroxylation is 1. The van der Waals surface area contributed by atoms with Crippen molar-refractivity contribution in [3.8, 4) is 0 Å². The first-order chi connectivity index (χ1) is 19.0. The zero-order valence-electron chi connectivity index (χ0n) is 25.0. The average molecular weight is 550 g/mol. The van der Waals surface area contributed by atoms with Crippen LogP contribution in [0.25, 0.3) is 10.9 Å². The number of hydrogen-bond donors (Lipinski definition) is 0. The molecule has 1 saturated heterocycles. The Kier molecular flexibility index (Phi) is 9.00. The summed E-state index contributed by atoms with van der Waals surface area (Å²) in [7, 11) is 3.08. The summed E-state index contributed by atoms with van der Waals surface area (Å²) in [4.78, 5) is 31.8. The largest absolute Gasteiger partial charge is 0.464 e. The number of ether oxygens (including phenoxy) is 3. The molecule has 2 fully saturated rings. The van der Waals surface area contributed by atoms with Crippen LogP contribution in [0.3, 0.4) is 0 Å². The molecule has 8 heteroatoms. The topological polar surface area (TPSA) is 82.4 Å². The van der Waals surface area contributed by atoms with Crippen molar-refractivity contribution in [1.29, 1.82) is 0 Å². The van der Waals surface area contributed by atoms with Gasteiger partial charge in [0, 0.05) is 44.0 Å². The highest BCUT2D eigenvalue weighted by Crippen LogP contribution is 2.45. The summed E-state index contributed by atoms with van der Waals surface area (Å²) in [5.74, 6) is -0.00309. The summed E-state index contributed by atoms with van der Waals surface area (Å²) in [5.41, 5.74) is 5.09. The van der Waals surface area contributed by atoms with Gasteiger partial charge < -0.3 is 14.2 Å². The van der Waals surface area contributed by atoms with Crippen molar-refractivity contribution in [3.05, 3.63) is 58.9 Å². The van der Waals surface area contributed by atoms with Gasteiger partial charge in [-0.2, -0.15) is 0 Å². The van der Waals surface area contributed by atoms with Crippen molar-refractivity contribution < 1.29 is 23.8 Å². The Balaban J connectivity index is 1.73. The first kappa shape index (κ1) is 29.7. The first-order valence-corrected chi connectivity index (χ1v) is 14.1. The third-order valence-corrected chi connectivity index (χ3v) is 7.78. The molecule has 1 aromatic carbocycles. The standard InChI is InChI=1S/C32H43N3O5/c1-9-22(18-33-21(3)30(36)39-8)28-17-24(38-7)12-14-34(28)19-27-25-13-15-35(31(37)40-32(4,5)6)29(25)20(2)16-26(27)23-10-11-23/h9,13,15-16,18,23-24,28H,3,10-12,14,17,19H2,1-2,4-8H3/b22-9+,33-18?. The van der Waals surface area contributed by atoms with Gasteiger partial charge in [-0.05, 0) is 94.5 Å². The van der Waals surface area contributed by atoms with Crippen LogP contribution in [0.15, 0.2) is 47.2 Å². The molecule has 4 rings (SSSR count). The number of allylic oxidation sites excluding steroid dienone is 1. The van der Waals surface area contributed by atoms with E-state index in [1.807, 2.05) is 40.0 Å². The molecule has 0 radical (unpaired) electrons. The number of carbonyl (C=O) groups excluding carboxylic acids is 2. The smallest absolute Gasteiger partial charge is 0.418 e. The van der Waals surface area contributed by atoms with Crippen molar-refractivity contribution in [2.24, 2.45) is 4.99 Å². The van der Waals surface area contributed by atoms with Gasteiger partial charge in [0.2, 0.25) is 0 Å². The highest BCUT2D eigenvalue weighted by Gasteiger charge is 2.34. The first-order valence-electron chi connectivity index (χ1n) is 14.1. The van der Waals surface area contributed by atoms with Gasteiger partial charge in [-0.1, -0.05) is 18.7 Å². The summed E-state index contributed by atoms with van der Waals surface area (Å²) < 4.78 is 17.9. The van der Waals surface area contributed by atoms with Crippen molar-refractivity contribution in [2.45, 2.75) is 90.5 Å². The summed E-state index contributed by atoms with van der Waals surface area (Å²) >= 11 is 0. The number of likely N-dealkylation sites (tertiary alicyclic amines) is 1. The minimum atomic E-state index is -0.582. The monoisotopic (exact) mass is 549 g/mol. The van der Waals surface area contributed by atoms with Crippen LogP contribution in [0.1, 0.15) is 76.0 Å². The quantitative estimate of drug-likeness (QED) is 0.219. The van der Waals surface area contributed by atoms with Crippen molar-refractivity contribution in [1.82, 2.24) is 9.47 Å². The number of hydrogen-bond acceptors (Lipinski definition) is 7. The molecule has 1 saturated carbocycles. The molecule has 2 unspecified atom stereocenters. The minimum Gasteiger partial charge on any atom is -0.464 e. The van der Waals surface area contributed by atoms with Gasteiger partial charge in [0.05, 0.1) is 18.7 Å². The van der Waals surface area contributed by atoms with E-state index in [0.717, 1.165) is 48.0 Å². The molecule has 1 aliphatic carbocycles. The summed E-state index contributed by atoms with van der Waals surface area (Å²) in [6.45, 7) is 15.0. The molecule has 0 spiro atoms. The third kappa shape index (κ3) is 6.56. The van der Waals surface area contributed by atoms with Crippen LogP contribution < -0.4 is 0 Å². The molecule has 8 nitrogen and oxygen atoms in total.